The summed E-state index contributed by atoms with van der Waals surface area (Å²) >= 11 is 0. The first-order valence-electron chi connectivity index (χ1n) is 3.45. The highest BCUT2D eigenvalue weighted by Crippen LogP contribution is 1.93. The van der Waals surface area contributed by atoms with Crippen LogP contribution in [0.15, 0.2) is 12.2 Å². The fraction of sp³-hybridized carbons (Fsp3) is 0.571. The second-order valence-corrected chi connectivity index (χ2v) is 2.23. The normalized spacial score (nSPS) is 12.8. The number of methoxy groups -OCH3 is 1. The first-order valence-corrected chi connectivity index (χ1v) is 3.45. The number of nitrogens with zero attached hydrogens (tertiary/aromatic N) is 1. The largest absolute Gasteiger partial charge is 0.469 e. The number of nitro groups is 1. The van der Waals surface area contributed by atoms with Crippen LogP contribution in [0.1, 0.15) is 13.3 Å². The van der Waals surface area contributed by atoms with Crippen molar-refractivity contribution >= 4 is 5.97 Å². The van der Waals surface area contributed by atoms with Crippen molar-refractivity contribution in [1.82, 2.24) is 0 Å². The zero-order valence-electron chi connectivity index (χ0n) is 7.02. The van der Waals surface area contributed by atoms with E-state index in [1.807, 2.05) is 0 Å². The van der Waals surface area contributed by atoms with E-state index in [0.717, 1.165) is 0 Å². The van der Waals surface area contributed by atoms with Crippen LogP contribution in [0.2, 0.25) is 0 Å². The van der Waals surface area contributed by atoms with E-state index in [0.29, 0.717) is 0 Å². The summed E-state index contributed by atoms with van der Waals surface area (Å²) < 4.78 is 4.33. The van der Waals surface area contributed by atoms with E-state index < -0.39 is 16.9 Å². The van der Waals surface area contributed by atoms with Crippen LogP contribution in [0.4, 0.5) is 0 Å². The monoisotopic (exact) mass is 173 g/mol. The molecule has 0 N–H and O–H groups in total. The number of ether oxygens (including phenoxy) is 1. The molecule has 5 heteroatoms. The standard InChI is InChI=1S/C7H11NO4/c1-6(8(10)11)4-3-5-7(9)12-2/h3-4,6H,5H2,1-2H3/b4-3+. The molecular formula is C7H11NO4. The fourth-order valence-electron chi connectivity index (χ4n) is 0.515. The summed E-state index contributed by atoms with van der Waals surface area (Å²) in [5, 5.41) is 10.1. The lowest BCUT2D eigenvalue weighted by Gasteiger charge is -1.95. The summed E-state index contributed by atoms with van der Waals surface area (Å²) in [4.78, 5) is 20.2. The van der Waals surface area contributed by atoms with Crippen molar-refractivity contribution < 1.29 is 14.5 Å². The van der Waals surface area contributed by atoms with Gasteiger partial charge in [-0.05, 0) is 6.08 Å². The number of carbonyl (C=O) groups is 1. The predicted octanol–water partition coefficient (Wildman–Crippen LogP) is 0.771. The third-order valence-corrected chi connectivity index (χ3v) is 1.26. The predicted molar refractivity (Wildman–Crippen MR) is 42.2 cm³/mol. The van der Waals surface area contributed by atoms with Gasteiger partial charge in [-0.15, -0.1) is 0 Å². The molecule has 5 nitrogen and oxygen atoms in total. The lowest BCUT2D eigenvalue weighted by molar-refractivity contribution is -0.504. The molecule has 0 heterocycles. The van der Waals surface area contributed by atoms with E-state index in [4.69, 9.17) is 0 Å². The zero-order valence-corrected chi connectivity index (χ0v) is 7.02. The average Bonchev–Trinajstić information content (AvgIpc) is 2.03. The second-order valence-electron chi connectivity index (χ2n) is 2.23. The molecule has 0 saturated carbocycles. The number of carbonyl (C=O) groups excluding carboxylic acids is 1. The van der Waals surface area contributed by atoms with Gasteiger partial charge in [-0.25, -0.2) is 0 Å². The Hall–Kier alpha value is -1.39. The van der Waals surface area contributed by atoms with E-state index in [1.165, 1.54) is 26.2 Å². The van der Waals surface area contributed by atoms with Crippen LogP contribution in [0.25, 0.3) is 0 Å². The van der Waals surface area contributed by atoms with Crippen LogP contribution in [0, 0.1) is 10.1 Å². The highest BCUT2D eigenvalue weighted by atomic mass is 16.6. The molecule has 0 aromatic carbocycles. The molecule has 12 heavy (non-hydrogen) atoms. The van der Waals surface area contributed by atoms with Crippen molar-refractivity contribution in [3.63, 3.8) is 0 Å². The van der Waals surface area contributed by atoms with Crippen molar-refractivity contribution in [2.75, 3.05) is 7.11 Å². The van der Waals surface area contributed by atoms with Gasteiger partial charge in [0.25, 0.3) is 0 Å². The van der Waals surface area contributed by atoms with Crippen LogP contribution in [-0.2, 0) is 9.53 Å². The van der Waals surface area contributed by atoms with Crippen molar-refractivity contribution in [1.29, 1.82) is 0 Å². The molecule has 0 spiro atoms. The van der Waals surface area contributed by atoms with E-state index in [1.54, 1.807) is 0 Å². The zero-order chi connectivity index (χ0) is 9.56. The van der Waals surface area contributed by atoms with Crippen LogP contribution in [0.3, 0.4) is 0 Å². The van der Waals surface area contributed by atoms with Crippen LogP contribution < -0.4 is 0 Å². The molecule has 0 aromatic rings. The van der Waals surface area contributed by atoms with Gasteiger partial charge in [0.05, 0.1) is 13.5 Å². The maximum Gasteiger partial charge on any atom is 0.309 e. The first kappa shape index (κ1) is 10.6. The lowest BCUT2D eigenvalue weighted by atomic mass is 10.3. The summed E-state index contributed by atoms with van der Waals surface area (Å²) in [7, 11) is 1.27. The molecule has 0 bridgehead atoms. The average molecular weight is 173 g/mol. The first-order chi connectivity index (χ1) is 5.57. The van der Waals surface area contributed by atoms with Crippen molar-refractivity contribution in [3.8, 4) is 0 Å². The Morgan fingerprint density at radius 1 is 1.75 bits per heavy atom. The van der Waals surface area contributed by atoms with Gasteiger partial charge in [-0.3, -0.25) is 14.9 Å². The maximum absolute atomic E-state index is 10.5. The highest BCUT2D eigenvalue weighted by Gasteiger charge is 2.06. The third kappa shape index (κ3) is 4.43. The van der Waals surface area contributed by atoms with E-state index in [2.05, 4.69) is 4.74 Å². The van der Waals surface area contributed by atoms with Gasteiger partial charge in [0.2, 0.25) is 6.04 Å². The summed E-state index contributed by atoms with van der Waals surface area (Å²) in [5.41, 5.74) is 0. The molecule has 0 aliphatic carbocycles. The lowest BCUT2D eigenvalue weighted by Crippen LogP contribution is -2.11. The van der Waals surface area contributed by atoms with Crippen molar-refractivity contribution in [3.05, 3.63) is 22.3 Å². The van der Waals surface area contributed by atoms with E-state index in [9.17, 15) is 14.9 Å². The minimum Gasteiger partial charge on any atom is -0.469 e. The topological polar surface area (TPSA) is 69.4 Å². The summed E-state index contributed by atoms with van der Waals surface area (Å²) in [6.07, 6.45) is 2.87. The van der Waals surface area contributed by atoms with Gasteiger partial charge in [-0.1, -0.05) is 6.08 Å². The molecule has 0 radical (unpaired) electrons. The molecule has 0 rings (SSSR count). The SMILES string of the molecule is COC(=O)C/C=C/C(C)[N+](=O)[O-]. The molecule has 0 amide bonds. The Kier molecular flexibility index (Phi) is 4.67. The Labute approximate surface area is 70.2 Å². The smallest absolute Gasteiger partial charge is 0.309 e. The van der Waals surface area contributed by atoms with Gasteiger partial charge in [0.15, 0.2) is 0 Å². The van der Waals surface area contributed by atoms with Gasteiger partial charge >= 0.3 is 5.97 Å². The molecule has 0 aromatic heterocycles. The number of esters is 1. The summed E-state index contributed by atoms with van der Waals surface area (Å²) in [6, 6.07) is -0.755. The highest BCUT2D eigenvalue weighted by molar-refractivity contribution is 5.70. The van der Waals surface area contributed by atoms with Crippen LogP contribution in [0.5, 0.6) is 0 Å². The van der Waals surface area contributed by atoms with Crippen LogP contribution >= 0.6 is 0 Å². The molecule has 0 saturated heterocycles. The van der Waals surface area contributed by atoms with Gasteiger partial charge < -0.3 is 4.74 Å². The molecule has 1 unspecified atom stereocenters. The summed E-state index contributed by atoms with van der Waals surface area (Å²) in [6.45, 7) is 1.44. The second kappa shape index (κ2) is 5.29. The summed E-state index contributed by atoms with van der Waals surface area (Å²) in [5.74, 6) is -0.401. The fourth-order valence-corrected chi connectivity index (χ4v) is 0.515. The molecule has 68 valence electrons. The Balaban J connectivity index is 3.76. The van der Waals surface area contributed by atoms with Crippen LogP contribution in [-0.4, -0.2) is 24.0 Å². The number of hydrogen-bond donors (Lipinski definition) is 0. The maximum atomic E-state index is 10.5. The molecule has 1 atom stereocenters. The molecular weight excluding hydrogens is 162 g/mol. The van der Waals surface area contributed by atoms with Gasteiger partial charge in [0.1, 0.15) is 0 Å². The Morgan fingerprint density at radius 2 is 2.33 bits per heavy atom. The molecule has 0 aliphatic heterocycles. The number of hydrogen-bond acceptors (Lipinski definition) is 4. The van der Waals surface area contributed by atoms with E-state index >= 15 is 0 Å². The minimum absolute atomic E-state index is 0.0781. The van der Waals surface area contributed by atoms with Gasteiger partial charge in [0, 0.05) is 11.8 Å². The van der Waals surface area contributed by atoms with Crippen molar-refractivity contribution in [2.24, 2.45) is 0 Å². The Bertz CT molecular complexity index is 200. The quantitative estimate of drug-likeness (QED) is 0.272. The van der Waals surface area contributed by atoms with Crippen molar-refractivity contribution in [2.45, 2.75) is 19.4 Å². The third-order valence-electron chi connectivity index (χ3n) is 1.26. The Morgan fingerprint density at radius 3 is 2.75 bits per heavy atom. The number of rotatable bonds is 4. The molecule has 0 aliphatic rings. The van der Waals surface area contributed by atoms with E-state index in [-0.39, 0.29) is 6.42 Å². The van der Waals surface area contributed by atoms with Gasteiger partial charge in [-0.2, -0.15) is 0 Å². The minimum atomic E-state index is -0.755. The molecule has 0 fully saturated rings.